The molecule has 0 saturated heterocycles. The standard InChI is InChI=1S/C57H100O6/c1-4-7-10-13-16-19-22-24-26-27-28-29-31-33-36-38-41-44-47-50-56(59)62-53-54(63-57(60)51-48-45-42-39-34-21-18-15-12-9-6-3)52-61-55(58)49-46-43-40-37-35-32-30-25-23-20-17-14-11-8-5-2/h15-16,18-19,24,26,28-29,33,36,54H,4-14,17,20-23,25,27,30-32,34-35,37-53H2,1-3H3/b18-15-,19-16-,26-24-,29-28-,36-33-/t54-/m0/s1. The van der Waals surface area contributed by atoms with Gasteiger partial charge in [-0.3, -0.25) is 14.4 Å². The molecule has 364 valence electrons. The lowest BCUT2D eigenvalue weighted by molar-refractivity contribution is -0.167. The number of hydrogen-bond donors (Lipinski definition) is 0. The lowest BCUT2D eigenvalue weighted by atomic mass is 10.0. The van der Waals surface area contributed by atoms with Gasteiger partial charge in [0, 0.05) is 19.3 Å². The molecule has 6 heteroatoms. The van der Waals surface area contributed by atoms with Gasteiger partial charge in [0.05, 0.1) is 0 Å². The Morgan fingerprint density at radius 3 is 1.00 bits per heavy atom. The highest BCUT2D eigenvalue weighted by Crippen LogP contribution is 2.15. The van der Waals surface area contributed by atoms with Gasteiger partial charge in [-0.2, -0.15) is 0 Å². The van der Waals surface area contributed by atoms with Gasteiger partial charge in [-0.1, -0.05) is 223 Å². The van der Waals surface area contributed by atoms with E-state index in [1.54, 1.807) is 0 Å². The van der Waals surface area contributed by atoms with Crippen molar-refractivity contribution in [3.05, 3.63) is 60.8 Å². The molecule has 0 aromatic heterocycles. The van der Waals surface area contributed by atoms with E-state index in [0.717, 1.165) is 96.3 Å². The number of carbonyl (C=O) groups is 3. The van der Waals surface area contributed by atoms with E-state index in [9.17, 15) is 14.4 Å². The molecular formula is C57H100O6. The third-order valence-corrected chi connectivity index (χ3v) is 11.5. The smallest absolute Gasteiger partial charge is 0.306 e. The molecule has 63 heavy (non-hydrogen) atoms. The minimum absolute atomic E-state index is 0.0859. The quantitative estimate of drug-likeness (QED) is 0.0262. The van der Waals surface area contributed by atoms with Crippen molar-refractivity contribution in [3.63, 3.8) is 0 Å². The molecule has 0 amide bonds. The number of allylic oxidation sites excluding steroid dienone is 10. The number of unbranched alkanes of at least 4 members (excludes halogenated alkanes) is 27. The Morgan fingerprint density at radius 1 is 0.317 bits per heavy atom. The molecule has 0 spiro atoms. The molecule has 0 heterocycles. The molecule has 1 atom stereocenters. The first kappa shape index (κ1) is 60.1. The van der Waals surface area contributed by atoms with Gasteiger partial charge in [0.1, 0.15) is 13.2 Å². The Balaban J connectivity index is 4.39. The molecule has 0 rings (SSSR count). The zero-order chi connectivity index (χ0) is 45.8. The predicted molar refractivity (Wildman–Crippen MR) is 270 cm³/mol. The molecule has 0 aliphatic heterocycles. The summed E-state index contributed by atoms with van der Waals surface area (Å²) in [7, 11) is 0. The summed E-state index contributed by atoms with van der Waals surface area (Å²) in [5.74, 6) is -0.922. The SMILES string of the molecule is CCCC/C=C\CCCCCCCC(=O)O[C@H](COC(=O)CCCCC/C=C\C/C=C\C/C=C\C/C=C\CCCCC)COC(=O)CCCCCCCCCCCCCCCCC. The number of carbonyl (C=O) groups excluding carboxylic acids is 3. The van der Waals surface area contributed by atoms with E-state index in [0.29, 0.717) is 19.3 Å². The van der Waals surface area contributed by atoms with Crippen molar-refractivity contribution in [2.45, 2.75) is 271 Å². The van der Waals surface area contributed by atoms with Gasteiger partial charge in [0.2, 0.25) is 0 Å². The zero-order valence-corrected chi connectivity index (χ0v) is 41.6. The Morgan fingerprint density at radius 2 is 0.587 bits per heavy atom. The average molecular weight is 881 g/mol. The van der Waals surface area contributed by atoms with Crippen LogP contribution in [0.15, 0.2) is 60.8 Å². The van der Waals surface area contributed by atoms with E-state index in [-0.39, 0.29) is 31.1 Å². The summed E-state index contributed by atoms with van der Waals surface area (Å²) in [6.07, 6.45) is 63.5. The monoisotopic (exact) mass is 881 g/mol. The predicted octanol–water partition coefficient (Wildman–Crippen LogP) is 17.6. The van der Waals surface area contributed by atoms with Gasteiger partial charge >= 0.3 is 17.9 Å². The van der Waals surface area contributed by atoms with Crippen molar-refractivity contribution < 1.29 is 28.6 Å². The fourth-order valence-electron chi connectivity index (χ4n) is 7.41. The first-order valence-electron chi connectivity index (χ1n) is 26.8. The molecular weight excluding hydrogens is 781 g/mol. The molecule has 0 radical (unpaired) electrons. The van der Waals surface area contributed by atoms with Crippen molar-refractivity contribution >= 4 is 17.9 Å². The van der Waals surface area contributed by atoms with Crippen LogP contribution in [0.2, 0.25) is 0 Å². The van der Waals surface area contributed by atoms with E-state index < -0.39 is 6.10 Å². The van der Waals surface area contributed by atoms with Crippen LogP contribution in [0.3, 0.4) is 0 Å². The van der Waals surface area contributed by atoms with Crippen LogP contribution in [0.1, 0.15) is 265 Å². The van der Waals surface area contributed by atoms with Crippen molar-refractivity contribution in [3.8, 4) is 0 Å². The molecule has 0 aromatic rings. The van der Waals surface area contributed by atoms with Crippen LogP contribution < -0.4 is 0 Å². The molecule has 0 N–H and O–H groups in total. The summed E-state index contributed by atoms with van der Waals surface area (Å²) in [6, 6.07) is 0. The molecule has 0 aliphatic rings. The van der Waals surface area contributed by atoms with Crippen LogP contribution >= 0.6 is 0 Å². The largest absolute Gasteiger partial charge is 0.462 e. The molecule has 0 fully saturated rings. The van der Waals surface area contributed by atoms with Gasteiger partial charge in [-0.15, -0.1) is 0 Å². The van der Waals surface area contributed by atoms with Crippen molar-refractivity contribution in [2.75, 3.05) is 13.2 Å². The first-order valence-corrected chi connectivity index (χ1v) is 26.8. The molecule has 0 unspecified atom stereocenters. The van der Waals surface area contributed by atoms with Gasteiger partial charge in [-0.25, -0.2) is 0 Å². The van der Waals surface area contributed by atoms with Crippen molar-refractivity contribution in [1.82, 2.24) is 0 Å². The van der Waals surface area contributed by atoms with Crippen LogP contribution in [0.5, 0.6) is 0 Å². The van der Waals surface area contributed by atoms with Crippen LogP contribution in [-0.4, -0.2) is 37.2 Å². The fraction of sp³-hybridized carbons (Fsp3) is 0.772. The number of hydrogen-bond acceptors (Lipinski definition) is 6. The Kier molecular flexibility index (Phi) is 49.4. The lowest BCUT2D eigenvalue weighted by Gasteiger charge is -2.18. The summed E-state index contributed by atoms with van der Waals surface area (Å²) in [4.78, 5) is 38.0. The second-order valence-electron chi connectivity index (χ2n) is 17.8. The second kappa shape index (κ2) is 51.7. The van der Waals surface area contributed by atoms with Crippen LogP contribution in [0, 0.1) is 0 Å². The van der Waals surface area contributed by atoms with E-state index in [4.69, 9.17) is 14.2 Å². The number of esters is 3. The Bertz CT molecular complexity index is 1150. The van der Waals surface area contributed by atoms with E-state index in [2.05, 4.69) is 81.5 Å². The van der Waals surface area contributed by atoms with E-state index in [1.807, 2.05) is 0 Å². The van der Waals surface area contributed by atoms with Crippen molar-refractivity contribution in [1.29, 1.82) is 0 Å². The van der Waals surface area contributed by atoms with Gasteiger partial charge < -0.3 is 14.2 Å². The average Bonchev–Trinajstić information content (AvgIpc) is 3.28. The molecule has 0 bridgehead atoms. The third-order valence-electron chi connectivity index (χ3n) is 11.5. The summed E-state index contributed by atoms with van der Waals surface area (Å²) in [5.41, 5.74) is 0. The molecule has 0 saturated carbocycles. The van der Waals surface area contributed by atoms with Crippen LogP contribution in [-0.2, 0) is 28.6 Å². The third kappa shape index (κ3) is 50.0. The maximum Gasteiger partial charge on any atom is 0.306 e. The summed E-state index contributed by atoms with van der Waals surface area (Å²) in [6.45, 7) is 6.55. The minimum Gasteiger partial charge on any atom is -0.462 e. The lowest BCUT2D eigenvalue weighted by Crippen LogP contribution is -2.30. The van der Waals surface area contributed by atoms with Gasteiger partial charge in [-0.05, 0) is 83.5 Å². The second-order valence-corrected chi connectivity index (χ2v) is 17.8. The number of rotatable bonds is 48. The fourth-order valence-corrected chi connectivity index (χ4v) is 7.41. The number of ether oxygens (including phenoxy) is 3. The van der Waals surface area contributed by atoms with Crippen LogP contribution in [0.4, 0.5) is 0 Å². The van der Waals surface area contributed by atoms with Crippen molar-refractivity contribution in [2.24, 2.45) is 0 Å². The van der Waals surface area contributed by atoms with Crippen LogP contribution in [0.25, 0.3) is 0 Å². The topological polar surface area (TPSA) is 78.9 Å². The molecule has 0 aromatic carbocycles. The van der Waals surface area contributed by atoms with Gasteiger partial charge in [0.25, 0.3) is 0 Å². The highest BCUT2D eigenvalue weighted by molar-refractivity contribution is 5.71. The Hall–Kier alpha value is -2.89. The minimum atomic E-state index is -0.788. The van der Waals surface area contributed by atoms with E-state index in [1.165, 1.54) is 128 Å². The maximum absolute atomic E-state index is 12.8. The maximum atomic E-state index is 12.8. The summed E-state index contributed by atoms with van der Waals surface area (Å²) < 4.78 is 16.8. The zero-order valence-electron chi connectivity index (χ0n) is 41.6. The molecule has 0 aliphatic carbocycles. The summed E-state index contributed by atoms with van der Waals surface area (Å²) >= 11 is 0. The molecule has 6 nitrogen and oxygen atoms in total. The normalized spacial score (nSPS) is 12.5. The summed E-state index contributed by atoms with van der Waals surface area (Å²) in [5, 5.41) is 0. The first-order chi connectivity index (χ1) is 31.0. The van der Waals surface area contributed by atoms with E-state index >= 15 is 0 Å². The van der Waals surface area contributed by atoms with Gasteiger partial charge in [0.15, 0.2) is 6.10 Å². The highest BCUT2D eigenvalue weighted by atomic mass is 16.6. The Labute approximate surface area is 390 Å². The highest BCUT2D eigenvalue weighted by Gasteiger charge is 2.19.